The first kappa shape index (κ1) is 13.4. The molecule has 9 nitrogen and oxygen atoms in total. The van der Waals surface area contributed by atoms with E-state index < -0.39 is 16.0 Å². The lowest BCUT2D eigenvalue weighted by Crippen LogP contribution is -2.18. The third kappa shape index (κ3) is 4.76. The van der Waals surface area contributed by atoms with Crippen molar-refractivity contribution in [2.75, 3.05) is 17.6 Å². The molecule has 1 rings (SSSR count). The minimum absolute atomic E-state index is 0.0469. The molecule has 0 aliphatic rings. The molecule has 0 aliphatic carbocycles. The van der Waals surface area contributed by atoms with Crippen LogP contribution in [0.2, 0.25) is 0 Å². The van der Waals surface area contributed by atoms with Crippen molar-refractivity contribution in [3.05, 3.63) is 0 Å². The lowest BCUT2D eigenvalue weighted by Gasteiger charge is -2.03. The van der Waals surface area contributed by atoms with E-state index in [0.717, 1.165) is 4.80 Å². The van der Waals surface area contributed by atoms with E-state index in [1.165, 1.54) is 14.2 Å². The normalized spacial score (nSPS) is 11.2. The van der Waals surface area contributed by atoms with Gasteiger partial charge in [0.15, 0.2) is 0 Å². The van der Waals surface area contributed by atoms with Crippen molar-refractivity contribution in [3.63, 3.8) is 0 Å². The molecule has 0 atom stereocenters. The molecular weight excluding hydrogens is 250 g/mol. The molecular formula is C7H13N5O4S. The van der Waals surface area contributed by atoms with Crippen molar-refractivity contribution in [2.24, 2.45) is 7.05 Å². The number of esters is 1. The molecule has 0 saturated heterocycles. The summed E-state index contributed by atoms with van der Waals surface area (Å²) < 4.78 is 29.5. The molecule has 0 amide bonds. The van der Waals surface area contributed by atoms with E-state index in [9.17, 15) is 13.2 Å². The predicted octanol–water partition coefficient (Wildman–Crippen LogP) is -1.09. The van der Waals surface area contributed by atoms with E-state index in [2.05, 4.69) is 24.9 Å². The van der Waals surface area contributed by atoms with E-state index >= 15 is 0 Å². The van der Waals surface area contributed by atoms with Crippen molar-refractivity contribution in [1.82, 2.24) is 20.2 Å². The van der Waals surface area contributed by atoms with Crippen molar-refractivity contribution < 1.29 is 17.9 Å². The molecule has 0 aromatic carbocycles. The number of methoxy groups -OCH3 is 1. The second-order valence-corrected chi connectivity index (χ2v) is 5.04. The fraction of sp³-hybridized carbons (Fsp3) is 0.714. The van der Waals surface area contributed by atoms with E-state index in [1.807, 2.05) is 0 Å². The topological polar surface area (TPSA) is 116 Å². The standard InChI is InChI=1S/C7H13N5O4S/c1-12-9-7(8-11-12)10-17(14,15)5-3-4-6(13)16-2/h3-5H2,1-2H3,(H,9,10). The SMILES string of the molecule is COC(=O)CCCS(=O)(=O)Nc1nnn(C)n1. The molecule has 0 unspecified atom stereocenters. The van der Waals surface area contributed by atoms with Gasteiger partial charge in [0.1, 0.15) is 0 Å². The quantitative estimate of drug-likeness (QED) is 0.648. The van der Waals surface area contributed by atoms with Crippen LogP contribution < -0.4 is 4.72 Å². The molecule has 0 fully saturated rings. The van der Waals surface area contributed by atoms with Gasteiger partial charge in [-0.3, -0.25) is 4.79 Å². The number of hydrogen-bond donors (Lipinski definition) is 1. The Bertz CT molecular complexity index is 482. The van der Waals surface area contributed by atoms with Gasteiger partial charge in [0.25, 0.3) is 5.95 Å². The van der Waals surface area contributed by atoms with Gasteiger partial charge in [-0.05, 0) is 11.6 Å². The molecule has 0 spiro atoms. The highest BCUT2D eigenvalue weighted by Crippen LogP contribution is 2.02. The van der Waals surface area contributed by atoms with Crippen molar-refractivity contribution in [3.8, 4) is 0 Å². The summed E-state index contributed by atoms with van der Waals surface area (Å²) in [7, 11) is -0.797. The molecule has 0 radical (unpaired) electrons. The van der Waals surface area contributed by atoms with Crippen molar-refractivity contribution in [1.29, 1.82) is 0 Å². The number of sulfonamides is 1. The lowest BCUT2D eigenvalue weighted by molar-refractivity contribution is -0.140. The number of hydrogen-bond acceptors (Lipinski definition) is 7. The minimum Gasteiger partial charge on any atom is -0.469 e. The number of nitrogens with zero attached hydrogens (tertiary/aromatic N) is 4. The van der Waals surface area contributed by atoms with Crippen LogP contribution in [0.4, 0.5) is 5.95 Å². The molecule has 17 heavy (non-hydrogen) atoms. The van der Waals surface area contributed by atoms with Crippen LogP contribution in [0.15, 0.2) is 0 Å². The first-order chi connectivity index (χ1) is 7.93. The van der Waals surface area contributed by atoms with Crippen LogP contribution in [0, 0.1) is 0 Å². The summed E-state index contributed by atoms with van der Waals surface area (Å²) in [6.45, 7) is 0. The maximum atomic E-state index is 11.5. The molecule has 1 aromatic rings. The lowest BCUT2D eigenvalue weighted by atomic mass is 10.3. The highest BCUT2D eigenvalue weighted by atomic mass is 32.2. The third-order valence-corrected chi connectivity index (χ3v) is 3.10. The van der Waals surface area contributed by atoms with Crippen LogP contribution >= 0.6 is 0 Å². The summed E-state index contributed by atoms with van der Waals surface area (Å²) in [5.41, 5.74) is 0. The summed E-state index contributed by atoms with van der Waals surface area (Å²) in [6.07, 6.45) is 0.216. The van der Waals surface area contributed by atoms with Gasteiger partial charge in [-0.2, -0.15) is 4.80 Å². The third-order valence-electron chi connectivity index (χ3n) is 1.78. The monoisotopic (exact) mass is 263 g/mol. The smallest absolute Gasteiger partial charge is 0.305 e. The molecule has 96 valence electrons. The van der Waals surface area contributed by atoms with Gasteiger partial charge in [0.05, 0.1) is 19.9 Å². The Balaban J connectivity index is 2.44. The molecule has 10 heteroatoms. The van der Waals surface area contributed by atoms with Crippen molar-refractivity contribution >= 4 is 21.9 Å². The number of aromatic nitrogens is 4. The zero-order valence-corrected chi connectivity index (χ0v) is 10.3. The number of carbonyl (C=O) groups is 1. The van der Waals surface area contributed by atoms with Gasteiger partial charge < -0.3 is 4.74 Å². The Morgan fingerprint density at radius 3 is 2.76 bits per heavy atom. The van der Waals surface area contributed by atoms with Gasteiger partial charge in [0.2, 0.25) is 10.0 Å². The summed E-state index contributed by atoms with van der Waals surface area (Å²) in [5.74, 6) is -0.747. The van der Waals surface area contributed by atoms with Crippen molar-refractivity contribution in [2.45, 2.75) is 12.8 Å². The van der Waals surface area contributed by atoms with Crippen LogP contribution in [0.5, 0.6) is 0 Å². The van der Waals surface area contributed by atoms with Gasteiger partial charge >= 0.3 is 5.97 Å². The van der Waals surface area contributed by atoms with E-state index in [1.54, 1.807) is 0 Å². The van der Waals surface area contributed by atoms with Crippen LogP contribution in [-0.2, 0) is 26.6 Å². The average Bonchev–Trinajstić information content (AvgIpc) is 2.62. The van der Waals surface area contributed by atoms with Gasteiger partial charge in [-0.25, -0.2) is 13.1 Å². The average molecular weight is 263 g/mol. The first-order valence-electron chi connectivity index (χ1n) is 4.74. The van der Waals surface area contributed by atoms with E-state index in [4.69, 9.17) is 0 Å². The van der Waals surface area contributed by atoms with Crippen LogP contribution in [0.25, 0.3) is 0 Å². The van der Waals surface area contributed by atoms with Gasteiger partial charge in [0, 0.05) is 6.42 Å². The van der Waals surface area contributed by atoms with Gasteiger partial charge in [-0.1, -0.05) is 5.10 Å². The Labute approximate surface area is 98.2 Å². The van der Waals surface area contributed by atoms with E-state index in [0.29, 0.717) is 0 Å². The maximum Gasteiger partial charge on any atom is 0.305 e. The Kier molecular flexibility index (Phi) is 4.37. The highest BCUT2D eigenvalue weighted by molar-refractivity contribution is 7.92. The molecule has 0 bridgehead atoms. The number of aryl methyl sites for hydroxylation is 1. The Hall–Kier alpha value is -1.71. The van der Waals surface area contributed by atoms with Crippen LogP contribution in [0.1, 0.15) is 12.8 Å². The second kappa shape index (κ2) is 5.57. The highest BCUT2D eigenvalue weighted by Gasteiger charge is 2.14. The molecule has 1 N–H and O–H groups in total. The molecule has 0 saturated carbocycles. The number of tetrazole rings is 1. The van der Waals surface area contributed by atoms with E-state index in [-0.39, 0.29) is 24.5 Å². The molecule has 0 aliphatic heterocycles. The van der Waals surface area contributed by atoms with Crippen LogP contribution in [0.3, 0.4) is 0 Å². The maximum absolute atomic E-state index is 11.5. The largest absolute Gasteiger partial charge is 0.469 e. The predicted molar refractivity (Wildman–Crippen MR) is 57.5 cm³/mol. The van der Waals surface area contributed by atoms with Gasteiger partial charge in [-0.15, -0.1) is 5.10 Å². The first-order valence-corrected chi connectivity index (χ1v) is 6.39. The second-order valence-electron chi connectivity index (χ2n) is 3.20. The summed E-state index contributed by atoms with van der Waals surface area (Å²) in [4.78, 5) is 11.9. The molecule has 1 heterocycles. The van der Waals surface area contributed by atoms with Crippen LogP contribution in [-0.4, -0.2) is 47.5 Å². The fourth-order valence-electron chi connectivity index (χ4n) is 1.02. The number of rotatable bonds is 6. The fourth-order valence-corrected chi connectivity index (χ4v) is 2.01. The Morgan fingerprint density at radius 2 is 2.24 bits per heavy atom. The molecule has 1 aromatic heterocycles. The zero-order chi connectivity index (χ0) is 12.9. The summed E-state index contributed by atoms with van der Waals surface area (Å²) >= 11 is 0. The summed E-state index contributed by atoms with van der Waals surface area (Å²) in [5, 5.41) is 10.6. The Morgan fingerprint density at radius 1 is 1.53 bits per heavy atom. The number of anilines is 1. The zero-order valence-electron chi connectivity index (χ0n) is 9.45. The number of carbonyl (C=O) groups excluding carboxylic acids is 1. The minimum atomic E-state index is -3.56. The number of ether oxygens (including phenoxy) is 1. The summed E-state index contributed by atoms with van der Waals surface area (Å²) in [6, 6.07) is 0. The number of nitrogens with one attached hydrogen (secondary N) is 1.